The first-order valence-corrected chi connectivity index (χ1v) is 6.76. The summed E-state index contributed by atoms with van der Waals surface area (Å²) >= 11 is 3.48. The Morgan fingerprint density at radius 3 is 2.42 bits per heavy atom. The van der Waals surface area contributed by atoms with Gasteiger partial charge >= 0.3 is 0 Å². The van der Waals surface area contributed by atoms with E-state index in [9.17, 15) is 4.39 Å². The molecule has 0 amide bonds. The number of aryl methyl sites for hydroxylation is 3. The van der Waals surface area contributed by atoms with E-state index in [2.05, 4.69) is 25.9 Å². The monoisotopic (exact) mass is 324 g/mol. The molecule has 2 aromatic rings. The first-order valence-electron chi connectivity index (χ1n) is 5.97. The van der Waals surface area contributed by atoms with Crippen molar-refractivity contribution in [2.45, 2.75) is 27.2 Å². The molecule has 3 nitrogen and oxygen atoms in total. The number of halogens is 2. The number of benzene rings is 1. The second kappa shape index (κ2) is 5.65. The molecule has 1 heterocycles. The van der Waals surface area contributed by atoms with Gasteiger partial charge in [0.2, 0.25) is 5.82 Å². The van der Waals surface area contributed by atoms with Crippen molar-refractivity contribution in [3.8, 4) is 11.6 Å². The Morgan fingerprint density at radius 2 is 1.84 bits per heavy atom. The molecule has 0 radical (unpaired) electrons. The van der Waals surface area contributed by atoms with Gasteiger partial charge in [-0.05, 0) is 43.5 Å². The predicted octanol–water partition coefficient (Wildman–Crippen LogP) is 4.35. The van der Waals surface area contributed by atoms with Gasteiger partial charge in [0.1, 0.15) is 12.1 Å². The van der Waals surface area contributed by atoms with Crippen molar-refractivity contribution in [1.29, 1.82) is 0 Å². The molecule has 0 aliphatic heterocycles. The van der Waals surface area contributed by atoms with Crippen molar-refractivity contribution in [2.24, 2.45) is 0 Å². The molecule has 1 aromatic carbocycles. The van der Waals surface area contributed by atoms with Gasteiger partial charge in [0.15, 0.2) is 0 Å². The minimum absolute atomic E-state index is 0.0343. The molecule has 0 bridgehead atoms. The summed E-state index contributed by atoms with van der Waals surface area (Å²) in [5, 5.41) is 0. The largest absolute Gasteiger partial charge is 0.436 e. The molecule has 0 N–H and O–H groups in total. The van der Waals surface area contributed by atoms with Gasteiger partial charge in [-0.1, -0.05) is 22.9 Å². The van der Waals surface area contributed by atoms with Crippen LogP contribution in [0.1, 0.15) is 23.7 Å². The lowest BCUT2D eigenvalue weighted by Gasteiger charge is -2.10. The van der Waals surface area contributed by atoms with E-state index in [-0.39, 0.29) is 5.88 Å². The van der Waals surface area contributed by atoms with Gasteiger partial charge < -0.3 is 4.74 Å². The van der Waals surface area contributed by atoms with Crippen molar-refractivity contribution in [1.82, 2.24) is 9.97 Å². The third-order valence-electron chi connectivity index (χ3n) is 2.79. The van der Waals surface area contributed by atoms with Crippen LogP contribution < -0.4 is 4.74 Å². The SMILES string of the molecule is CCc1ncnc(Oc2cc(C)c(Br)c(C)c2)c1F. The molecule has 0 unspecified atom stereocenters. The lowest BCUT2D eigenvalue weighted by molar-refractivity contribution is 0.414. The maximum atomic E-state index is 14.0. The van der Waals surface area contributed by atoms with Gasteiger partial charge in [0.25, 0.3) is 5.88 Å². The topological polar surface area (TPSA) is 35.0 Å². The normalized spacial score (nSPS) is 10.6. The first kappa shape index (κ1) is 13.9. The number of aromatic nitrogens is 2. The minimum Gasteiger partial charge on any atom is -0.436 e. The molecule has 19 heavy (non-hydrogen) atoms. The fourth-order valence-corrected chi connectivity index (χ4v) is 2.01. The summed E-state index contributed by atoms with van der Waals surface area (Å²) in [7, 11) is 0. The van der Waals surface area contributed by atoms with E-state index in [1.807, 2.05) is 32.9 Å². The summed E-state index contributed by atoms with van der Waals surface area (Å²) < 4.78 is 20.5. The summed E-state index contributed by atoms with van der Waals surface area (Å²) in [5.41, 5.74) is 2.41. The fraction of sp³-hybridized carbons (Fsp3) is 0.286. The Bertz CT molecular complexity index is 593. The van der Waals surface area contributed by atoms with Crippen LogP contribution in [0.15, 0.2) is 22.9 Å². The third-order valence-corrected chi connectivity index (χ3v) is 4.04. The van der Waals surface area contributed by atoms with E-state index >= 15 is 0 Å². The van der Waals surface area contributed by atoms with Gasteiger partial charge in [-0.25, -0.2) is 4.98 Å². The van der Waals surface area contributed by atoms with Crippen molar-refractivity contribution in [3.05, 3.63) is 45.6 Å². The van der Waals surface area contributed by atoms with Crippen LogP contribution in [0.3, 0.4) is 0 Å². The highest BCUT2D eigenvalue weighted by Gasteiger charge is 2.12. The lowest BCUT2D eigenvalue weighted by atomic mass is 10.1. The van der Waals surface area contributed by atoms with Crippen LogP contribution in [-0.2, 0) is 6.42 Å². The average molecular weight is 325 g/mol. The van der Waals surface area contributed by atoms with Gasteiger partial charge in [0, 0.05) is 4.47 Å². The maximum Gasteiger partial charge on any atom is 0.259 e. The van der Waals surface area contributed by atoms with Crippen LogP contribution in [0.5, 0.6) is 11.6 Å². The smallest absolute Gasteiger partial charge is 0.259 e. The van der Waals surface area contributed by atoms with E-state index in [1.165, 1.54) is 6.33 Å². The molecule has 1 aromatic heterocycles. The van der Waals surface area contributed by atoms with Gasteiger partial charge in [-0.2, -0.15) is 9.37 Å². The zero-order chi connectivity index (χ0) is 14.0. The summed E-state index contributed by atoms with van der Waals surface area (Å²) in [5.74, 6) is 0.0362. The molecule has 0 saturated carbocycles. The van der Waals surface area contributed by atoms with Crippen LogP contribution in [0.2, 0.25) is 0 Å². The number of hydrogen-bond acceptors (Lipinski definition) is 3. The summed E-state index contributed by atoms with van der Waals surface area (Å²) in [6.45, 7) is 5.75. The Balaban J connectivity index is 2.36. The molecular weight excluding hydrogens is 311 g/mol. The van der Waals surface area contributed by atoms with Crippen LogP contribution in [0, 0.1) is 19.7 Å². The van der Waals surface area contributed by atoms with E-state index in [0.29, 0.717) is 17.9 Å². The molecular formula is C14H14BrFN2O. The van der Waals surface area contributed by atoms with E-state index in [0.717, 1.165) is 15.6 Å². The molecule has 0 saturated heterocycles. The molecule has 0 aliphatic carbocycles. The highest BCUT2D eigenvalue weighted by atomic mass is 79.9. The number of rotatable bonds is 3. The Morgan fingerprint density at radius 1 is 1.21 bits per heavy atom. The molecule has 0 fully saturated rings. The summed E-state index contributed by atoms with van der Waals surface area (Å²) in [4.78, 5) is 7.72. The standard InChI is InChI=1S/C14H14BrFN2O/c1-4-11-13(16)14(18-7-17-11)19-10-5-8(2)12(15)9(3)6-10/h5-7H,4H2,1-3H3. The van der Waals surface area contributed by atoms with Crippen LogP contribution in [0.4, 0.5) is 4.39 Å². The average Bonchev–Trinajstić information content (AvgIpc) is 2.38. The quantitative estimate of drug-likeness (QED) is 0.841. The molecule has 0 atom stereocenters. The van der Waals surface area contributed by atoms with E-state index in [4.69, 9.17) is 4.74 Å². The van der Waals surface area contributed by atoms with Crippen molar-refractivity contribution in [2.75, 3.05) is 0 Å². The van der Waals surface area contributed by atoms with Gasteiger partial charge in [0.05, 0.1) is 5.69 Å². The molecule has 100 valence electrons. The van der Waals surface area contributed by atoms with E-state index in [1.54, 1.807) is 0 Å². The Kier molecular flexibility index (Phi) is 4.14. The van der Waals surface area contributed by atoms with Crippen molar-refractivity contribution in [3.63, 3.8) is 0 Å². The van der Waals surface area contributed by atoms with Crippen LogP contribution in [-0.4, -0.2) is 9.97 Å². The molecule has 5 heteroatoms. The zero-order valence-electron chi connectivity index (χ0n) is 11.0. The highest BCUT2D eigenvalue weighted by molar-refractivity contribution is 9.10. The van der Waals surface area contributed by atoms with Gasteiger partial charge in [-0.3, -0.25) is 0 Å². The molecule has 0 aliphatic rings. The van der Waals surface area contributed by atoms with Crippen molar-refractivity contribution >= 4 is 15.9 Å². The Labute approximate surface area is 120 Å². The van der Waals surface area contributed by atoms with Gasteiger partial charge in [-0.15, -0.1) is 0 Å². The first-order chi connectivity index (χ1) is 9.02. The Hall–Kier alpha value is -1.49. The second-order valence-corrected chi connectivity index (χ2v) is 5.06. The maximum absolute atomic E-state index is 14.0. The molecule has 2 rings (SSSR count). The second-order valence-electron chi connectivity index (χ2n) is 4.27. The highest BCUT2D eigenvalue weighted by Crippen LogP contribution is 2.29. The summed E-state index contributed by atoms with van der Waals surface area (Å²) in [6.07, 6.45) is 1.82. The number of ether oxygens (including phenoxy) is 1. The third kappa shape index (κ3) is 2.92. The van der Waals surface area contributed by atoms with Crippen LogP contribution >= 0.6 is 15.9 Å². The van der Waals surface area contributed by atoms with Crippen LogP contribution in [0.25, 0.3) is 0 Å². The van der Waals surface area contributed by atoms with Crippen molar-refractivity contribution < 1.29 is 9.13 Å². The number of nitrogens with zero attached hydrogens (tertiary/aromatic N) is 2. The summed E-state index contributed by atoms with van der Waals surface area (Å²) in [6, 6.07) is 3.68. The predicted molar refractivity (Wildman–Crippen MR) is 75.1 cm³/mol. The lowest BCUT2D eigenvalue weighted by Crippen LogP contribution is -2.00. The zero-order valence-corrected chi connectivity index (χ0v) is 12.6. The number of hydrogen-bond donors (Lipinski definition) is 0. The minimum atomic E-state index is -0.497. The van der Waals surface area contributed by atoms with E-state index < -0.39 is 5.82 Å². The molecule has 0 spiro atoms. The fourth-order valence-electron chi connectivity index (χ4n) is 1.78.